The molecule has 0 radical (unpaired) electrons. The fourth-order valence-corrected chi connectivity index (χ4v) is 3.54. The van der Waals surface area contributed by atoms with Crippen molar-refractivity contribution in [3.63, 3.8) is 0 Å². The predicted octanol–water partition coefficient (Wildman–Crippen LogP) is 2.97. The Labute approximate surface area is 113 Å². The van der Waals surface area contributed by atoms with Gasteiger partial charge in [0.2, 0.25) is 0 Å². The predicted molar refractivity (Wildman–Crippen MR) is 72.1 cm³/mol. The van der Waals surface area contributed by atoms with Crippen LogP contribution in [0, 0.1) is 5.92 Å². The number of nitrogens with zero attached hydrogens (tertiary/aromatic N) is 2. The van der Waals surface area contributed by atoms with E-state index >= 15 is 0 Å². The van der Waals surface area contributed by atoms with Crippen LogP contribution >= 0.6 is 0 Å². The van der Waals surface area contributed by atoms with Crippen molar-refractivity contribution >= 4 is 5.97 Å². The molecule has 1 aromatic heterocycles. The first-order chi connectivity index (χ1) is 9.25. The third-order valence-electron chi connectivity index (χ3n) is 4.69. The van der Waals surface area contributed by atoms with E-state index in [-0.39, 0.29) is 5.92 Å². The summed E-state index contributed by atoms with van der Waals surface area (Å²) < 4.78 is 2.21. The first-order valence-corrected chi connectivity index (χ1v) is 7.53. The maximum Gasteiger partial charge on any atom is 0.308 e. The van der Waals surface area contributed by atoms with Crippen molar-refractivity contribution in [2.24, 2.45) is 5.92 Å². The quantitative estimate of drug-likeness (QED) is 0.834. The summed E-state index contributed by atoms with van der Waals surface area (Å²) in [6.45, 7) is 0.622. The van der Waals surface area contributed by atoms with Crippen molar-refractivity contribution in [2.75, 3.05) is 0 Å². The van der Waals surface area contributed by atoms with Gasteiger partial charge in [-0.2, -0.15) is 0 Å². The number of aryl methyl sites for hydroxylation is 1. The molecule has 1 saturated carbocycles. The Morgan fingerprint density at radius 3 is 2.63 bits per heavy atom. The van der Waals surface area contributed by atoms with Gasteiger partial charge < -0.3 is 9.67 Å². The van der Waals surface area contributed by atoms with E-state index in [0.29, 0.717) is 12.5 Å². The van der Waals surface area contributed by atoms with E-state index in [0.717, 1.165) is 18.7 Å². The molecule has 1 atom stereocenters. The van der Waals surface area contributed by atoms with E-state index in [1.54, 1.807) is 0 Å². The zero-order valence-corrected chi connectivity index (χ0v) is 11.3. The summed E-state index contributed by atoms with van der Waals surface area (Å²) in [7, 11) is 0. The van der Waals surface area contributed by atoms with Gasteiger partial charge in [-0.1, -0.05) is 25.7 Å². The third kappa shape index (κ3) is 2.53. The van der Waals surface area contributed by atoms with E-state index < -0.39 is 5.97 Å². The average Bonchev–Trinajstić information content (AvgIpc) is 2.64. The highest BCUT2D eigenvalue weighted by atomic mass is 16.4. The van der Waals surface area contributed by atoms with Crippen molar-refractivity contribution in [2.45, 2.75) is 63.8 Å². The molecule has 1 aliphatic carbocycles. The Morgan fingerprint density at radius 2 is 1.95 bits per heavy atom. The second kappa shape index (κ2) is 5.35. The van der Waals surface area contributed by atoms with Gasteiger partial charge in [0.1, 0.15) is 5.82 Å². The summed E-state index contributed by atoms with van der Waals surface area (Å²) in [4.78, 5) is 15.8. The molecule has 0 spiro atoms. The number of hydrogen-bond acceptors (Lipinski definition) is 2. The average molecular weight is 262 g/mol. The lowest BCUT2D eigenvalue weighted by atomic mass is 9.96. The molecule has 1 N–H and O–H groups in total. The second-order valence-electron chi connectivity index (χ2n) is 5.98. The summed E-state index contributed by atoms with van der Waals surface area (Å²) in [6, 6.07) is 0. The van der Waals surface area contributed by atoms with Crippen LogP contribution in [0.5, 0.6) is 0 Å². The molecule has 0 aromatic carbocycles. The van der Waals surface area contributed by atoms with Crippen LogP contribution in [-0.2, 0) is 17.8 Å². The topological polar surface area (TPSA) is 55.1 Å². The number of hydrogen-bond donors (Lipinski definition) is 1. The van der Waals surface area contributed by atoms with E-state index in [1.165, 1.54) is 44.2 Å². The first kappa shape index (κ1) is 12.7. The van der Waals surface area contributed by atoms with Crippen LogP contribution in [0.4, 0.5) is 0 Å². The molecule has 3 rings (SSSR count). The molecular weight excluding hydrogens is 240 g/mol. The van der Waals surface area contributed by atoms with Gasteiger partial charge in [0, 0.05) is 24.4 Å². The van der Waals surface area contributed by atoms with Crippen LogP contribution in [-0.4, -0.2) is 20.6 Å². The van der Waals surface area contributed by atoms with Crippen molar-refractivity contribution in [1.29, 1.82) is 0 Å². The Kier molecular flexibility index (Phi) is 3.58. The minimum atomic E-state index is -0.661. The van der Waals surface area contributed by atoms with Gasteiger partial charge in [0.05, 0.1) is 5.92 Å². The lowest BCUT2D eigenvalue weighted by molar-refractivity contribution is -0.142. The molecule has 0 amide bonds. The van der Waals surface area contributed by atoms with Crippen LogP contribution in [0.3, 0.4) is 0 Å². The van der Waals surface area contributed by atoms with E-state index in [4.69, 9.17) is 0 Å². The maximum absolute atomic E-state index is 11.2. The van der Waals surface area contributed by atoms with Gasteiger partial charge in [-0.25, -0.2) is 4.98 Å². The number of aliphatic carboxylic acids is 1. The minimum absolute atomic E-state index is 0.230. The van der Waals surface area contributed by atoms with Gasteiger partial charge in [-0.05, 0) is 25.7 Å². The molecule has 4 nitrogen and oxygen atoms in total. The highest BCUT2D eigenvalue weighted by Gasteiger charge is 2.28. The van der Waals surface area contributed by atoms with E-state index in [9.17, 15) is 9.90 Å². The van der Waals surface area contributed by atoms with Gasteiger partial charge in [-0.15, -0.1) is 0 Å². The standard InChI is InChI=1S/C15H22N2O2/c18-15(19)12-7-8-13-9-16-14(17(13)10-12)11-5-3-1-2-4-6-11/h9,11-12H,1-8,10H2,(H,18,19). The molecule has 2 aliphatic rings. The minimum Gasteiger partial charge on any atom is -0.481 e. The number of carbonyl (C=O) groups is 1. The zero-order valence-electron chi connectivity index (χ0n) is 11.3. The first-order valence-electron chi connectivity index (χ1n) is 7.53. The molecule has 0 saturated heterocycles. The SMILES string of the molecule is O=C(O)C1CCc2cnc(C3CCCCCC3)n2C1. The fraction of sp³-hybridized carbons (Fsp3) is 0.733. The smallest absolute Gasteiger partial charge is 0.308 e. The Hall–Kier alpha value is -1.32. The highest BCUT2D eigenvalue weighted by Crippen LogP contribution is 2.33. The van der Waals surface area contributed by atoms with Crippen LogP contribution in [0.2, 0.25) is 0 Å². The number of aromatic nitrogens is 2. The number of carboxylic acid groups (broad SMARTS) is 1. The molecule has 2 heterocycles. The maximum atomic E-state index is 11.2. The van der Waals surface area contributed by atoms with E-state index in [2.05, 4.69) is 9.55 Å². The van der Waals surface area contributed by atoms with Crippen molar-refractivity contribution in [1.82, 2.24) is 9.55 Å². The summed E-state index contributed by atoms with van der Waals surface area (Å²) in [5.41, 5.74) is 1.23. The lowest BCUT2D eigenvalue weighted by Gasteiger charge is -2.25. The Balaban J connectivity index is 1.83. The monoisotopic (exact) mass is 262 g/mol. The van der Waals surface area contributed by atoms with Crippen molar-refractivity contribution in [3.05, 3.63) is 17.7 Å². The molecular formula is C15H22N2O2. The van der Waals surface area contributed by atoms with Crippen LogP contribution < -0.4 is 0 Å². The summed E-state index contributed by atoms with van der Waals surface area (Å²) >= 11 is 0. The molecule has 0 bridgehead atoms. The van der Waals surface area contributed by atoms with Crippen LogP contribution in [0.15, 0.2) is 6.20 Å². The van der Waals surface area contributed by atoms with Gasteiger partial charge in [0.15, 0.2) is 0 Å². The Bertz CT molecular complexity index is 459. The summed E-state index contributed by atoms with van der Waals surface area (Å²) in [5, 5.41) is 9.21. The fourth-order valence-electron chi connectivity index (χ4n) is 3.54. The molecule has 19 heavy (non-hydrogen) atoms. The molecule has 4 heteroatoms. The molecule has 104 valence electrons. The molecule has 1 unspecified atom stereocenters. The molecule has 1 aromatic rings. The second-order valence-corrected chi connectivity index (χ2v) is 5.98. The summed E-state index contributed by atoms with van der Waals surface area (Å²) in [6.07, 6.45) is 11.3. The number of fused-ring (bicyclic) bond motifs is 1. The van der Waals surface area contributed by atoms with Gasteiger partial charge in [-0.3, -0.25) is 4.79 Å². The zero-order chi connectivity index (χ0) is 13.2. The van der Waals surface area contributed by atoms with Crippen LogP contribution in [0.25, 0.3) is 0 Å². The number of rotatable bonds is 2. The molecule has 1 aliphatic heterocycles. The number of carboxylic acids is 1. The molecule has 1 fully saturated rings. The largest absolute Gasteiger partial charge is 0.481 e. The third-order valence-corrected chi connectivity index (χ3v) is 4.69. The van der Waals surface area contributed by atoms with E-state index in [1.807, 2.05) is 6.20 Å². The summed E-state index contributed by atoms with van der Waals surface area (Å²) in [5.74, 6) is 0.809. The van der Waals surface area contributed by atoms with Crippen LogP contribution in [0.1, 0.15) is 62.4 Å². The highest BCUT2D eigenvalue weighted by molar-refractivity contribution is 5.70. The van der Waals surface area contributed by atoms with Gasteiger partial charge >= 0.3 is 5.97 Å². The lowest BCUT2D eigenvalue weighted by Crippen LogP contribution is -2.28. The number of imidazole rings is 1. The normalized spacial score (nSPS) is 24.7. The van der Waals surface area contributed by atoms with Crippen molar-refractivity contribution in [3.8, 4) is 0 Å². The van der Waals surface area contributed by atoms with Gasteiger partial charge in [0.25, 0.3) is 0 Å². The Morgan fingerprint density at radius 1 is 1.21 bits per heavy atom. The van der Waals surface area contributed by atoms with Crippen molar-refractivity contribution < 1.29 is 9.90 Å².